The Balaban J connectivity index is 1.50. The van der Waals surface area contributed by atoms with Gasteiger partial charge in [-0.3, -0.25) is 9.48 Å². The number of amides is 1. The van der Waals surface area contributed by atoms with Gasteiger partial charge in [0.15, 0.2) is 6.10 Å². The maximum absolute atomic E-state index is 13.8. The molecule has 0 radical (unpaired) electrons. The van der Waals surface area contributed by atoms with Gasteiger partial charge < -0.3 is 10.0 Å². The van der Waals surface area contributed by atoms with Gasteiger partial charge in [-0.15, -0.1) is 0 Å². The van der Waals surface area contributed by atoms with E-state index in [2.05, 4.69) is 10.2 Å². The first-order chi connectivity index (χ1) is 14.7. The predicted octanol–water partition coefficient (Wildman–Crippen LogP) is 1.30. The van der Waals surface area contributed by atoms with Crippen LogP contribution in [0.4, 0.5) is 13.2 Å². The van der Waals surface area contributed by atoms with Crippen LogP contribution < -0.4 is 0 Å². The smallest absolute Gasteiger partial charge is 0.286 e. The summed E-state index contributed by atoms with van der Waals surface area (Å²) in [4.78, 5) is 13.5. The lowest BCUT2D eigenvalue weighted by atomic mass is 10.1. The summed E-state index contributed by atoms with van der Waals surface area (Å²) in [5.41, 5.74) is 0.556. The number of hydrogen-bond donors (Lipinski definition) is 1. The van der Waals surface area contributed by atoms with Crippen LogP contribution >= 0.6 is 0 Å². The first kappa shape index (κ1) is 21.1. The molecule has 3 heterocycles. The van der Waals surface area contributed by atoms with Crippen molar-refractivity contribution in [3.05, 3.63) is 65.5 Å². The zero-order chi connectivity index (χ0) is 22.3. The van der Waals surface area contributed by atoms with Crippen LogP contribution in [0.3, 0.4) is 0 Å². The fraction of sp³-hybridized carbons (Fsp3) is 0.278. The van der Waals surface area contributed by atoms with Crippen molar-refractivity contribution in [1.29, 1.82) is 0 Å². The molecule has 1 aromatic carbocycles. The van der Waals surface area contributed by atoms with Crippen molar-refractivity contribution in [1.82, 2.24) is 23.9 Å². The Morgan fingerprint density at radius 3 is 2.61 bits per heavy atom. The summed E-state index contributed by atoms with van der Waals surface area (Å²) in [7, 11) is -4.16. The first-order valence-electron chi connectivity index (χ1n) is 9.01. The monoisotopic (exact) mass is 455 g/mol. The van der Waals surface area contributed by atoms with Gasteiger partial charge in [-0.1, -0.05) is 18.2 Å². The number of hydrogen-bond acceptors (Lipinski definition) is 6. The molecule has 3 aromatic rings. The standard InChI is InChI=1S/C18H16F3N5O4S/c19-14-4-2-1-3-13(14)17(27)18(28)24-6-11-7-26(23-15(11)9-24)31(29,30)12-5-22-25(8-12)10-16(20)21/h1-5,7-8,16-17,27H,6,9-10H2. The highest BCUT2D eigenvalue weighted by Gasteiger charge is 2.33. The van der Waals surface area contributed by atoms with E-state index in [-0.39, 0.29) is 29.2 Å². The minimum absolute atomic E-state index is 0.0279. The number of carbonyl (C=O) groups excluding carboxylic acids is 1. The number of alkyl halides is 2. The number of aromatic nitrogens is 4. The third-order valence-corrected chi connectivity index (χ3v) is 6.27. The Labute approximate surface area is 174 Å². The summed E-state index contributed by atoms with van der Waals surface area (Å²) < 4.78 is 65.6. The molecule has 0 saturated heterocycles. The average Bonchev–Trinajstić information content (AvgIpc) is 3.41. The van der Waals surface area contributed by atoms with Crippen molar-refractivity contribution in [3.8, 4) is 0 Å². The van der Waals surface area contributed by atoms with E-state index < -0.39 is 40.8 Å². The molecular weight excluding hydrogens is 439 g/mol. The van der Waals surface area contributed by atoms with Crippen LogP contribution in [0.15, 0.2) is 47.8 Å². The van der Waals surface area contributed by atoms with Crippen LogP contribution in [0, 0.1) is 5.82 Å². The second-order valence-corrected chi connectivity index (χ2v) is 8.68. The number of benzene rings is 1. The van der Waals surface area contributed by atoms with Gasteiger partial charge in [0.05, 0.1) is 18.4 Å². The highest BCUT2D eigenvalue weighted by molar-refractivity contribution is 7.89. The van der Waals surface area contributed by atoms with E-state index in [1.54, 1.807) is 0 Å². The Hall–Kier alpha value is -3.19. The van der Waals surface area contributed by atoms with Crippen LogP contribution in [0.2, 0.25) is 0 Å². The second kappa shape index (κ2) is 7.81. The number of carbonyl (C=O) groups is 1. The molecule has 2 aromatic heterocycles. The number of aliphatic hydroxyl groups is 1. The normalized spacial score (nSPS) is 14.8. The van der Waals surface area contributed by atoms with Crippen LogP contribution in [0.25, 0.3) is 0 Å². The van der Waals surface area contributed by atoms with E-state index in [1.165, 1.54) is 29.3 Å². The van der Waals surface area contributed by atoms with Crippen molar-refractivity contribution < 1.29 is 31.5 Å². The number of fused-ring (bicyclic) bond motifs is 1. The molecule has 0 fully saturated rings. The molecule has 1 aliphatic rings. The van der Waals surface area contributed by atoms with Gasteiger partial charge in [0.1, 0.15) is 17.3 Å². The Kier molecular flexibility index (Phi) is 5.31. The molecule has 0 saturated carbocycles. The molecule has 164 valence electrons. The molecule has 0 bridgehead atoms. The second-order valence-electron chi connectivity index (χ2n) is 6.89. The Morgan fingerprint density at radius 1 is 1.19 bits per heavy atom. The molecule has 0 aliphatic carbocycles. The Morgan fingerprint density at radius 2 is 1.94 bits per heavy atom. The van der Waals surface area contributed by atoms with Gasteiger partial charge >= 0.3 is 0 Å². The van der Waals surface area contributed by atoms with Gasteiger partial charge in [-0.25, -0.2) is 13.2 Å². The highest BCUT2D eigenvalue weighted by atomic mass is 32.2. The van der Waals surface area contributed by atoms with Gasteiger partial charge in [-0.05, 0) is 6.07 Å². The van der Waals surface area contributed by atoms with Crippen molar-refractivity contribution in [2.75, 3.05) is 0 Å². The average molecular weight is 455 g/mol. The zero-order valence-corrected chi connectivity index (χ0v) is 16.6. The van der Waals surface area contributed by atoms with Gasteiger partial charge in [0.2, 0.25) is 0 Å². The quantitative estimate of drug-likeness (QED) is 0.600. The summed E-state index contributed by atoms with van der Waals surface area (Å²) in [6.07, 6.45) is -1.26. The molecule has 4 rings (SSSR count). The maximum Gasteiger partial charge on any atom is 0.286 e. The van der Waals surface area contributed by atoms with Crippen LogP contribution in [-0.4, -0.2) is 49.7 Å². The van der Waals surface area contributed by atoms with E-state index in [0.29, 0.717) is 9.65 Å². The molecule has 1 atom stereocenters. The van der Waals surface area contributed by atoms with E-state index >= 15 is 0 Å². The molecule has 1 aliphatic heterocycles. The first-order valence-corrected chi connectivity index (χ1v) is 10.5. The van der Waals surface area contributed by atoms with E-state index in [1.807, 2.05) is 0 Å². The van der Waals surface area contributed by atoms with E-state index in [0.717, 1.165) is 23.1 Å². The van der Waals surface area contributed by atoms with Gasteiger partial charge in [-0.2, -0.15) is 22.7 Å². The molecule has 1 N–H and O–H groups in total. The van der Waals surface area contributed by atoms with E-state index in [4.69, 9.17) is 0 Å². The lowest BCUT2D eigenvalue weighted by Gasteiger charge is -2.20. The summed E-state index contributed by atoms with van der Waals surface area (Å²) in [6.45, 7) is -0.848. The SMILES string of the molecule is O=C(C(O)c1ccccc1F)N1Cc2cn(S(=O)(=O)c3cnn(CC(F)F)c3)nc2C1. The zero-order valence-electron chi connectivity index (χ0n) is 15.8. The van der Waals surface area contributed by atoms with Gasteiger partial charge in [0.25, 0.3) is 22.4 Å². The van der Waals surface area contributed by atoms with Crippen molar-refractivity contribution in [2.24, 2.45) is 0 Å². The molecular formula is C18H16F3N5O4S. The third kappa shape index (κ3) is 3.93. The number of halogens is 3. The van der Waals surface area contributed by atoms with E-state index in [9.17, 15) is 31.5 Å². The number of aliphatic hydroxyl groups excluding tert-OH is 1. The minimum Gasteiger partial charge on any atom is -0.378 e. The Bertz CT molecular complexity index is 1220. The topological polar surface area (TPSA) is 110 Å². The predicted molar refractivity (Wildman–Crippen MR) is 98.7 cm³/mol. The summed E-state index contributed by atoms with van der Waals surface area (Å²) in [6, 6.07) is 5.35. The van der Waals surface area contributed by atoms with Crippen molar-refractivity contribution in [3.63, 3.8) is 0 Å². The van der Waals surface area contributed by atoms with Crippen LogP contribution in [0.5, 0.6) is 0 Å². The summed E-state index contributed by atoms with van der Waals surface area (Å²) in [5.74, 6) is -1.46. The fourth-order valence-electron chi connectivity index (χ4n) is 3.24. The molecule has 31 heavy (non-hydrogen) atoms. The maximum atomic E-state index is 13.8. The number of rotatable bonds is 6. The van der Waals surface area contributed by atoms with Crippen LogP contribution in [-0.2, 0) is 34.5 Å². The lowest BCUT2D eigenvalue weighted by molar-refractivity contribution is -0.141. The largest absolute Gasteiger partial charge is 0.378 e. The van der Waals surface area contributed by atoms with Crippen LogP contribution in [0.1, 0.15) is 22.9 Å². The number of nitrogens with zero attached hydrogens (tertiary/aromatic N) is 5. The molecule has 0 spiro atoms. The summed E-state index contributed by atoms with van der Waals surface area (Å²) in [5, 5.41) is 17.8. The summed E-state index contributed by atoms with van der Waals surface area (Å²) >= 11 is 0. The highest BCUT2D eigenvalue weighted by Crippen LogP contribution is 2.27. The lowest BCUT2D eigenvalue weighted by Crippen LogP contribution is -2.31. The van der Waals surface area contributed by atoms with Gasteiger partial charge in [0, 0.05) is 30.1 Å². The molecule has 13 heteroatoms. The fourth-order valence-corrected chi connectivity index (χ4v) is 4.36. The van der Waals surface area contributed by atoms with Crippen molar-refractivity contribution >= 4 is 15.9 Å². The molecule has 1 amide bonds. The molecule has 9 nitrogen and oxygen atoms in total. The third-order valence-electron chi connectivity index (χ3n) is 4.78. The molecule has 1 unspecified atom stereocenters. The van der Waals surface area contributed by atoms with Crippen molar-refractivity contribution in [2.45, 2.75) is 37.1 Å². The minimum atomic E-state index is -4.16.